The van der Waals surface area contributed by atoms with Crippen LogP contribution < -0.4 is 0 Å². The molecule has 255 valence electrons. The van der Waals surface area contributed by atoms with E-state index in [9.17, 15) is 25.7 Å². The van der Waals surface area contributed by atoms with Gasteiger partial charge in [-0.3, -0.25) is 4.98 Å². The van der Waals surface area contributed by atoms with Crippen LogP contribution in [0.1, 0.15) is 59.7 Å². The Morgan fingerprint density at radius 1 is 0.625 bits per heavy atom. The van der Waals surface area contributed by atoms with E-state index in [1.54, 1.807) is 36.7 Å². The third-order valence-electron chi connectivity index (χ3n) is 6.50. The van der Waals surface area contributed by atoms with Crippen LogP contribution in [0.25, 0.3) is 10.5 Å². The molecule has 0 spiro atoms. The Kier molecular flexibility index (Phi) is 18.8. The summed E-state index contributed by atoms with van der Waals surface area (Å²) in [6.45, 7) is 8.44. The smallest absolute Gasteiger partial charge is 0.672 e. The van der Waals surface area contributed by atoms with Gasteiger partial charge in [0.15, 0.2) is 0 Å². The molecule has 1 N–H and O–H groups in total. The molecule has 0 amide bonds. The number of pyridine rings is 1. The van der Waals surface area contributed by atoms with Gasteiger partial charge in [0, 0.05) is 17.3 Å². The van der Waals surface area contributed by atoms with E-state index < -0.39 is 29.4 Å². The number of halogens is 4. The summed E-state index contributed by atoms with van der Waals surface area (Å²) in [7, 11) is -9.87. The minimum atomic E-state index is -6.00. The van der Waals surface area contributed by atoms with Crippen molar-refractivity contribution in [1.82, 2.24) is 4.98 Å². The molecule has 5 nitrogen and oxygen atoms in total. The van der Waals surface area contributed by atoms with E-state index >= 15 is 0 Å². The zero-order chi connectivity index (χ0) is 34.9. The molecule has 48 heavy (non-hydrogen) atoms. The van der Waals surface area contributed by atoms with Crippen LogP contribution in [0.5, 0.6) is 0 Å². The Morgan fingerprint density at radius 3 is 1.40 bits per heavy atom. The molecule has 1 aromatic heterocycles. The molecule has 0 aliphatic heterocycles. The number of rotatable bonds is 7. The van der Waals surface area contributed by atoms with Crippen molar-refractivity contribution in [2.24, 2.45) is 0 Å². The van der Waals surface area contributed by atoms with Crippen LogP contribution in [0.2, 0.25) is 0 Å². The average molecular weight is 766 g/mol. The maximum absolute atomic E-state index is 12.8. The first-order chi connectivity index (χ1) is 22.2. The molecule has 0 saturated heterocycles. The van der Waals surface area contributed by atoms with Crippen molar-refractivity contribution in [2.45, 2.75) is 50.6 Å². The topological polar surface area (TPSA) is 84.9 Å². The Bertz CT molecular complexity index is 1630. The summed E-state index contributed by atoms with van der Waals surface area (Å²) < 4.78 is 68.8. The Balaban J connectivity index is 0.000000425. The molecular weight excluding hydrogens is 726 g/mol. The average Bonchev–Trinajstić information content (AvgIpc) is 3.05. The van der Waals surface area contributed by atoms with E-state index in [1.165, 1.54) is 11.1 Å². The number of nitrogens with zero attached hydrogens (tertiary/aromatic N) is 2. The number of nitrogens with one attached hydrogen (secondary N) is 1. The number of aryl methyl sites for hydroxylation is 2. The van der Waals surface area contributed by atoms with E-state index in [0.717, 1.165) is 11.1 Å². The van der Waals surface area contributed by atoms with Crippen molar-refractivity contribution in [3.63, 3.8) is 0 Å². The van der Waals surface area contributed by atoms with Gasteiger partial charge in [0.05, 0.1) is 0 Å². The summed E-state index contributed by atoms with van der Waals surface area (Å²) in [4.78, 5) is 3.93. The molecule has 0 bridgehead atoms. The van der Waals surface area contributed by atoms with Crippen molar-refractivity contribution in [1.29, 1.82) is 0 Å². The Hall–Kier alpha value is -3.69. The van der Waals surface area contributed by atoms with Crippen molar-refractivity contribution in [3.8, 4) is 0 Å². The van der Waals surface area contributed by atoms with Gasteiger partial charge in [-0.1, -0.05) is 139 Å². The van der Waals surface area contributed by atoms with Crippen LogP contribution in [0, 0.1) is 13.8 Å². The van der Waals surface area contributed by atoms with Crippen LogP contribution in [0.3, 0.4) is 0 Å². The molecule has 4 aromatic carbocycles. The van der Waals surface area contributed by atoms with Gasteiger partial charge < -0.3 is 27.7 Å². The minimum absolute atomic E-state index is 0. The SMILES string of the molecule is Cc1ccc(C(C)C)cc1.Cc1ccc(S(=O)(=O)[N-]C(c2ccccc2)C([NH-])c2ccccc2)cc1.F[B-](F)(F)F.[Ru+3].c1ccncc1. The second-order valence-corrected chi connectivity index (χ2v) is 12.4. The Labute approximate surface area is 295 Å². The summed E-state index contributed by atoms with van der Waals surface area (Å²) >= 11 is 0. The first kappa shape index (κ1) is 42.3. The van der Waals surface area contributed by atoms with Crippen LogP contribution in [-0.4, -0.2) is 20.7 Å². The summed E-state index contributed by atoms with van der Waals surface area (Å²) in [5, 5.41) is 0. The summed E-state index contributed by atoms with van der Waals surface area (Å²) in [5.74, 6) is 0.653. The van der Waals surface area contributed by atoms with Gasteiger partial charge in [-0.15, -0.1) is 12.1 Å². The van der Waals surface area contributed by atoms with E-state index in [-0.39, 0.29) is 24.4 Å². The third kappa shape index (κ3) is 16.9. The van der Waals surface area contributed by atoms with E-state index in [0.29, 0.717) is 11.5 Å². The summed E-state index contributed by atoms with van der Waals surface area (Å²) in [6.07, 6.45) is 3.50. The number of benzene rings is 4. The van der Waals surface area contributed by atoms with E-state index in [4.69, 9.17) is 5.73 Å². The fourth-order valence-corrected chi connectivity index (χ4v) is 5.14. The molecule has 12 heteroatoms. The number of hydrogen-bond acceptors (Lipinski definition) is 3. The zero-order valence-electron chi connectivity index (χ0n) is 27.1. The molecule has 0 aliphatic carbocycles. The third-order valence-corrected chi connectivity index (χ3v) is 7.87. The fourth-order valence-electron chi connectivity index (χ4n) is 3.99. The molecule has 1 radical (unpaired) electrons. The van der Waals surface area contributed by atoms with Crippen LogP contribution in [-0.2, 0) is 29.5 Å². The van der Waals surface area contributed by atoms with Gasteiger partial charge in [-0.2, -0.15) is 0 Å². The fraction of sp³-hybridized carbons (Fsp3) is 0.194. The maximum Gasteiger partial charge on any atom is 3.00 e. The zero-order valence-corrected chi connectivity index (χ0v) is 29.6. The number of aromatic nitrogens is 1. The largest absolute Gasteiger partial charge is 3.00 e. The van der Waals surface area contributed by atoms with Gasteiger partial charge in [0.2, 0.25) is 0 Å². The van der Waals surface area contributed by atoms with Gasteiger partial charge >= 0.3 is 26.7 Å². The number of sulfonamides is 1. The second-order valence-electron chi connectivity index (χ2n) is 10.7. The van der Waals surface area contributed by atoms with Gasteiger partial charge in [-0.05, 0) is 49.6 Å². The quantitative estimate of drug-likeness (QED) is 0.122. The summed E-state index contributed by atoms with van der Waals surface area (Å²) in [5.41, 5.74) is 13.8. The van der Waals surface area contributed by atoms with E-state index in [2.05, 4.69) is 54.7 Å². The number of hydrogen-bond donors (Lipinski definition) is 0. The van der Waals surface area contributed by atoms with Gasteiger partial charge in [0.1, 0.15) is 10.0 Å². The predicted octanol–water partition coefficient (Wildman–Crippen LogP) is 11.1. The molecule has 2 atom stereocenters. The molecule has 5 aromatic rings. The van der Waals surface area contributed by atoms with Crippen molar-refractivity contribution in [2.75, 3.05) is 0 Å². The first-order valence-electron chi connectivity index (χ1n) is 14.8. The molecule has 0 aliphatic rings. The Morgan fingerprint density at radius 2 is 1.02 bits per heavy atom. The molecular formula is C36H39BF4N3O2RuS. The first-order valence-corrected chi connectivity index (χ1v) is 16.2. The molecule has 5 rings (SSSR count). The normalized spacial score (nSPS) is 12.0. The van der Waals surface area contributed by atoms with Crippen LogP contribution in [0.15, 0.2) is 145 Å². The van der Waals surface area contributed by atoms with Gasteiger partial charge in [0.25, 0.3) is 0 Å². The van der Waals surface area contributed by atoms with Crippen molar-refractivity contribution in [3.05, 3.63) is 178 Å². The standard InChI is InChI=1S/C21H20N2O2S.C10H14.C5H5N.BF4.Ru/c1-16-12-14-19(15-13-16)26(24,25)23-21(18-10-6-3-7-11-18)20(22)17-8-4-2-5-9-17;1-8(2)10-6-4-9(3)5-7-10;1-2-4-6-5-3-1;2-1(3,4)5;/h2-15,20-22H,1H3;4-8H,1-3H3;1-5H;;/q-2;;;-1;+3. The van der Waals surface area contributed by atoms with Crippen LogP contribution in [0.4, 0.5) is 17.3 Å². The summed E-state index contributed by atoms with van der Waals surface area (Å²) in [6, 6.07) is 37.7. The molecule has 1 heterocycles. The predicted molar refractivity (Wildman–Crippen MR) is 184 cm³/mol. The molecule has 0 saturated carbocycles. The minimum Gasteiger partial charge on any atom is -0.672 e. The molecule has 0 fully saturated rings. The van der Waals surface area contributed by atoms with Gasteiger partial charge in [-0.25, -0.2) is 8.42 Å². The van der Waals surface area contributed by atoms with Crippen molar-refractivity contribution >= 4 is 17.3 Å². The second kappa shape index (κ2) is 21.3. The van der Waals surface area contributed by atoms with E-state index in [1.807, 2.05) is 85.8 Å². The van der Waals surface area contributed by atoms with Crippen molar-refractivity contribution < 1.29 is 45.2 Å². The van der Waals surface area contributed by atoms with Crippen LogP contribution >= 0.6 is 0 Å². The maximum atomic E-state index is 12.8. The molecule has 2 unspecified atom stereocenters. The monoisotopic (exact) mass is 766 g/mol.